The number of pyridine rings is 1. The largest absolute Gasteiger partial charge is 0.297 e. The number of imidazole rings is 1. The number of aromatic nitrogens is 4. The zero-order valence-electron chi connectivity index (χ0n) is 9.43. The summed E-state index contributed by atoms with van der Waals surface area (Å²) in [6.07, 6.45) is 5.45. The molecule has 4 nitrogen and oxygen atoms in total. The zero-order valence-corrected chi connectivity index (χ0v) is 11.8. The van der Waals surface area contributed by atoms with Gasteiger partial charge in [-0.15, -0.1) is 0 Å². The third-order valence-electron chi connectivity index (χ3n) is 2.65. The van der Waals surface area contributed by atoms with Gasteiger partial charge >= 0.3 is 0 Å². The molecule has 0 spiro atoms. The highest BCUT2D eigenvalue weighted by molar-refractivity contribution is 9.10. The van der Waals surface area contributed by atoms with Crippen LogP contribution in [0.4, 0.5) is 0 Å². The van der Waals surface area contributed by atoms with Crippen LogP contribution in [0.1, 0.15) is 5.56 Å². The van der Waals surface area contributed by atoms with Crippen LogP contribution in [0.5, 0.6) is 0 Å². The van der Waals surface area contributed by atoms with Crippen molar-refractivity contribution in [1.82, 2.24) is 19.4 Å². The molecule has 3 rings (SSSR count). The molecule has 3 aromatic heterocycles. The van der Waals surface area contributed by atoms with Crippen LogP contribution >= 0.6 is 27.5 Å². The molecule has 0 aliphatic carbocycles. The number of hydrogen-bond donors (Lipinski definition) is 0. The predicted molar refractivity (Wildman–Crippen MR) is 73.7 cm³/mol. The van der Waals surface area contributed by atoms with Crippen molar-refractivity contribution in [3.05, 3.63) is 46.0 Å². The van der Waals surface area contributed by atoms with Gasteiger partial charge in [-0.1, -0.05) is 0 Å². The average molecular weight is 324 g/mol. The van der Waals surface area contributed by atoms with Crippen LogP contribution in [0.3, 0.4) is 0 Å². The van der Waals surface area contributed by atoms with Crippen LogP contribution in [-0.4, -0.2) is 19.4 Å². The Morgan fingerprint density at radius 3 is 2.89 bits per heavy atom. The minimum atomic E-state index is 0.237. The zero-order chi connectivity index (χ0) is 12.7. The number of fused-ring (bicyclic) bond motifs is 1. The summed E-state index contributed by atoms with van der Waals surface area (Å²) in [5, 5.41) is 0.237. The maximum Gasteiger partial charge on any atom is 0.222 e. The van der Waals surface area contributed by atoms with Crippen LogP contribution < -0.4 is 0 Å². The molecule has 90 valence electrons. The third kappa shape index (κ3) is 1.89. The van der Waals surface area contributed by atoms with Gasteiger partial charge in [0.1, 0.15) is 5.65 Å². The second-order valence-electron chi connectivity index (χ2n) is 3.89. The fourth-order valence-electron chi connectivity index (χ4n) is 1.81. The quantitative estimate of drug-likeness (QED) is 0.644. The molecule has 0 bridgehead atoms. The highest BCUT2D eigenvalue weighted by Gasteiger charge is 2.11. The Bertz CT molecular complexity index is 738. The molecule has 0 radical (unpaired) electrons. The van der Waals surface area contributed by atoms with Crippen LogP contribution in [0, 0.1) is 6.92 Å². The summed E-state index contributed by atoms with van der Waals surface area (Å²) in [7, 11) is 0. The van der Waals surface area contributed by atoms with Gasteiger partial charge in [0, 0.05) is 16.9 Å². The minimum absolute atomic E-state index is 0.237. The molecule has 0 saturated carbocycles. The SMILES string of the molecule is Cc1cnc(Cl)nc1-c1cnc2ccc(Br)cn12. The third-order valence-corrected chi connectivity index (χ3v) is 3.31. The lowest BCUT2D eigenvalue weighted by Crippen LogP contribution is -1.95. The maximum atomic E-state index is 5.86. The molecule has 6 heteroatoms. The second-order valence-corrected chi connectivity index (χ2v) is 5.14. The number of rotatable bonds is 1. The summed E-state index contributed by atoms with van der Waals surface area (Å²) >= 11 is 9.30. The number of nitrogens with zero attached hydrogens (tertiary/aromatic N) is 4. The molecule has 0 aromatic carbocycles. The molecule has 18 heavy (non-hydrogen) atoms. The van der Waals surface area contributed by atoms with Gasteiger partial charge in [0.25, 0.3) is 0 Å². The van der Waals surface area contributed by atoms with Crippen molar-refractivity contribution in [2.45, 2.75) is 6.92 Å². The molecular weight excluding hydrogens is 316 g/mol. The first-order valence-corrected chi connectivity index (χ1v) is 6.44. The van der Waals surface area contributed by atoms with E-state index in [4.69, 9.17) is 11.6 Å². The number of hydrogen-bond acceptors (Lipinski definition) is 3. The lowest BCUT2D eigenvalue weighted by atomic mass is 10.2. The predicted octanol–water partition coefficient (Wildman–Crippen LogP) is 3.52. The Morgan fingerprint density at radius 2 is 2.06 bits per heavy atom. The van der Waals surface area contributed by atoms with Gasteiger partial charge in [0.05, 0.1) is 17.6 Å². The lowest BCUT2D eigenvalue weighted by Gasteiger charge is -2.05. The molecule has 0 atom stereocenters. The number of aryl methyl sites for hydroxylation is 1. The van der Waals surface area contributed by atoms with Gasteiger partial charge in [-0.25, -0.2) is 15.0 Å². The van der Waals surface area contributed by atoms with E-state index < -0.39 is 0 Å². The van der Waals surface area contributed by atoms with Gasteiger partial charge in [-0.2, -0.15) is 0 Å². The molecule has 3 aromatic rings. The van der Waals surface area contributed by atoms with Crippen LogP contribution in [0.15, 0.2) is 35.2 Å². The van der Waals surface area contributed by atoms with Crippen molar-refractivity contribution in [2.24, 2.45) is 0 Å². The summed E-state index contributed by atoms with van der Waals surface area (Å²) < 4.78 is 2.95. The van der Waals surface area contributed by atoms with Gasteiger partial charge in [-0.3, -0.25) is 4.40 Å². The maximum absolute atomic E-state index is 5.86. The first-order chi connectivity index (χ1) is 8.65. The van der Waals surface area contributed by atoms with Crippen LogP contribution in [-0.2, 0) is 0 Å². The molecule has 0 fully saturated rings. The van der Waals surface area contributed by atoms with Crippen LogP contribution in [0.2, 0.25) is 5.28 Å². The van der Waals surface area contributed by atoms with E-state index in [2.05, 4.69) is 30.9 Å². The first-order valence-electron chi connectivity index (χ1n) is 5.27. The van der Waals surface area contributed by atoms with Crippen molar-refractivity contribution in [2.75, 3.05) is 0 Å². The smallest absolute Gasteiger partial charge is 0.222 e. The molecule has 0 amide bonds. The monoisotopic (exact) mass is 322 g/mol. The Morgan fingerprint density at radius 1 is 1.22 bits per heavy atom. The Balaban J connectivity index is 2.31. The second kappa shape index (κ2) is 4.33. The molecule has 3 heterocycles. The molecule has 0 unspecified atom stereocenters. The van der Waals surface area contributed by atoms with Gasteiger partial charge < -0.3 is 0 Å². The van der Waals surface area contributed by atoms with Gasteiger partial charge in [0.15, 0.2) is 0 Å². The Kier molecular flexibility index (Phi) is 2.80. The van der Waals surface area contributed by atoms with E-state index in [1.54, 1.807) is 12.4 Å². The van der Waals surface area contributed by atoms with Gasteiger partial charge in [-0.05, 0) is 52.2 Å². The fraction of sp³-hybridized carbons (Fsp3) is 0.0833. The Hall–Kier alpha value is -1.46. The van der Waals surface area contributed by atoms with E-state index in [9.17, 15) is 0 Å². The van der Waals surface area contributed by atoms with E-state index in [1.165, 1.54) is 0 Å². The number of halogens is 2. The van der Waals surface area contributed by atoms with Crippen molar-refractivity contribution >= 4 is 33.2 Å². The van der Waals surface area contributed by atoms with E-state index in [0.29, 0.717) is 0 Å². The summed E-state index contributed by atoms with van der Waals surface area (Å²) in [5.74, 6) is 0. The van der Waals surface area contributed by atoms with Crippen molar-refractivity contribution in [1.29, 1.82) is 0 Å². The van der Waals surface area contributed by atoms with Crippen molar-refractivity contribution in [3.8, 4) is 11.4 Å². The summed E-state index contributed by atoms with van der Waals surface area (Å²) in [6, 6.07) is 3.89. The van der Waals surface area contributed by atoms with Gasteiger partial charge in [0.2, 0.25) is 5.28 Å². The van der Waals surface area contributed by atoms with E-state index >= 15 is 0 Å². The molecule has 0 N–H and O–H groups in total. The molecule has 0 aliphatic heterocycles. The fourth-order valence-corrected chi connectivity index (χ4v) is 2.28. The standard InChI is InChI=1S/C12H8BrClN4/c1-7-4-16-12(14)17-11(7)9-5-15-10-3-2-8(13)6-18(9)10/h2-6H,1H3. The molecular formula is C12H8BrClN4. The lowest BCUT2D eigenvalue weighted by molar-refractivity contribution is 1.10. The summed E-state index contributed by atoms with van der Waals surface area (Å²) in [6.45, 7) is 1.95. The average Bonchev–Trinajstić information content (AvgIpc) is 2.75. The highest BCUT2D eigenvalue weighted by Crippen LogP contribution is 2.24. The highest BCUT2D eigenvalue weighted by atomic mass is 79.9. The van der Waals surface area contributed by atoms with E-state index in [1.807, 2.05) is 29.7 Å². The van der Waals surface area contributed by atoms with Crippen molar-refractivity contribution in [3.63, 3.8) is 0 Å². The minimum Gasteiger partial charge on any atom is -0.297 e. The van der Waals surface area contributed by atoms with E-state index in [-0.39, 0.29) is 5.28 Å². The topological polar surface area (TPSA) is 43.1 Å². The first kappa shape index (κ1) is 11.6. The molecule has 0 aliphatic rings. The summed E-state index contributed by atoms with van der Waals surface area (Å²) in [4.78, 5) is 12.6. The van der Waals surface area contributed by atoms with E-state index in [0.717, 1.165) is 27.1 Å². The Labute approximate surface area is 117 Å². The summed E-state index contributed by atoms with van der Waals surface area (Å²) in [5.41, 5.74) is 3.51. The molecule has 0 saturated heterocycles. The van der Waals surface area contributed by atoms with Crippen molar-refractivity contribution < 1.29 is 0 Å². The van der Waals surface area contributed by atoms with Crippen LogP contribution in [0.25, 0.3) is 17.0 Å². The normalized spacial score (nSPS) is 11.1.